The number of carbonyl (C=O) groups is 1. The van der Waals surface area contributed by atoms with Gasteiger partial charge in [-0.1, -0.05) is 28.8 Å². The van der Waals surface area contributed by atoms with Gasteiger partial charge in [-0.3, -0.25) is 4.79 Å². The molecule has 2 aromatic rings. The van der Waals surface area contributed by atoms with E-state index in [-0.39, 0.29) is 16.6 Å². The van der Waals surface area contributed by atoms with Crippen molar-refractivity contribution in [3.8, 4) is 0 Å². The van der Waals surface area contributed by atoms with Crippen LogP contribution in [-0.2, 0) is 9.84 Å². The molecule has 0 unspecified atom stereocenters. The second kappa shape index (κ2) is 5.90. The van der Waals surface area contributed by atoms with Crippen molar-refractivity contribution < 1.29 is 13.2 Å². The van der Waals surface area contributed by atoms with E-state index >= 15 is 0 Å². The molecule has 0 saturated heterocycles. The van der Waals surface area contributed by atoms with Gasteiger partial charge in [0, 0.05) is 17.6 Å². The number of hydrogen-bond donors (Lipinski definition) is 0. The first-order valence-electron chi connectivity index (χ1n) is 7.57. The Bertz CT molecular complexity index is 917. The van der Waals surface area contributed by atoms with Crippen molar-refractivity contribution in [3.05, 3.63) is 63.7 Å². The number of halogens is 1. The van der Waals surface area contributed by atoms with Crippen molar-refractivity contribution >= 4 is 27.3 Å². The van der Waals surface area contributed by atoms with Crippen molar-refractivity contribution in [2.24, 2.45) is 0 Å². The van der Waals surface area contributed by atoms with Crippen LogP contribution in [0.25, 0.3) is 0 Å². The summed E-state index contributed by atoms with van der Waals surface area (Å²) in [5.41, 5.74) is 3.13. The van der Waals surface area contributed by atoms with Gasteiger partial charge in [0.2, 0.25) is 0 Å². The second-order valence-electron chi connectivity index (χ2n) is 6.27. The van der Waals surface area contributed by atoms with Crippen LogP contribution in [0.1, 0.15) is 33.1 Å². The third kappa shape index (κ3) is 2.94. The molecule has 4 nitrogen and oxygen atoms in total. The Hall–Kier alpha value is -1.85. The molecule has 0 aliphatic carbocycles. The molecule has 0 fully saturated rings. The van der Waals surface area contributed by atoms with Crippen molar-refractivity contribution in [3.63, 3.8) is 0 Å². The zero-order valence-corrected chi connectivity index (χ0v) is 15.3. The quantitative estimate of drug-likeness (QED) is 0.819. The normalized spacial score (nSPS) is 18.2. The van der Waals surface area contributed by atoms with E-state index in [0.717, 1.165) is 11.1 Å². The van der Waals surface area contributed by atoms with Crippen LogP contribution < -0.4 is 0 Å². The lowest BCUT2D eigenvalue weighted by Crippen LogP contribution is -2.32. The van der Waals surface area contributed by atoms with Gasteiger partial charge < -0.3 is 4.90 Å². The zero-order chi connectivity index (χ0) is 17.6. The van der Waals surface area contributed by atoms with Gasteiger partial charge in [0.15, 0.2) is 9.84 Å². The Morgan fingerprint density at radius 1 is 1.12 bits per heavy atom. The fourth-order valence-electron chi connectivity index (χ4n) is 3.21. The molecule has 0 aromatic heterocycles. The summed E-state index contributed by atoms with van der Waals surface area (Å²) < 4.78 is 24.7. The number of nitrogens with zero attached hydrogens (tertiary/aromatic N) is 1. The maximum absolute atomic E-state index is 12.8. The number of carbonyl (C=O) groups excluding carboxylic acids is 1. The Kier molecular flexibility index (Phi) is 4.18. The van der Waals surface area contributed by atoms with Gasteiger partial charge in [-0.05, 0) is 49.7 Å². The van der Waals surface area contributed by atoms with Crippen LogP contribution >= 0.6 is 11.6 Å². The van der Waals surface area contributed by atoms with Crippen LogP contribution in [0.15, 0.2) is 41.3 Å². The molecule has 1 aliphatic heterocycles. The minimum Gasteiger partial charge on any atom is -0.334 e. The fourth-order valence-corrected chi connectivity index (χ4v) is 5.22. The van der Waals surface area contributed by atoms with E-state index in [9.17, 15) is 13.2 Å². The summed E-state index contributed by atoms with van der Waals surface area (Å²) in [5.74, 6) is -0.315. The monoisotopic (exact) mass is 363 g/mol. The summed E-state index contributed by atoms with van der Waals surface area (Å²) in [5, 5.41) is 0.461. The Balaban J connectivity index is 2.01. The van der Waals surface area contributed by atoms with E-state index in [1.54, 1.807) is 19.2 Å². The molecular formula is C18H18ClNO3S. The number of aryl methyl sites for hydroxylation is 2. The molecule has 1 aliphatic rings. The zero-order valence-electron chi connectivity index (χ0n) is 13.7. The van der Waals surface area contributed by atoms with Crippen molar-refractivity contribution in [1.29, 1.82) is 0 Å². The highest BCUT2D eigenvalue weighted by Crippen LogP contribution is 2.38. The lowest BCUT2D eigenvalue weighted by molar-refractivity contribution is 0.0745. The van der Waals surface area contributed by atoms with E-state index in [1.165, 1.54) is 11.0 Å². The summed E-state index contributed by atoms with van der Waals surface area (Å²) in [4.78, 5) is 14.6. The van der Waals surface area contributed by atoms with Gasteiger partial charge in [-0.25, -0.2) is 8.42 Å². The molecule has 126 valence electrons. The van der Waals surface area contributed by atoms with Crippen molar-refractivity contribution in [2.45, 2.75) is 24.8 Å². The first-order chi connectivity index (χ1) is 11.2. The topological polar surface area (TPSA) is 54.5 Å². The van der Waals surface area contributed by atoms with E-state index in [1.807, 2.05) is 32.0 Å². The molecule has 1 heterocycles. The predicted octanol–water partition coefficient (Wildman–Crippen LogP) is 3.56. The first kappa shape index (κ1) is 17.0. The van der Waals surface area contributed by atoms with Gasteiger partial charge in [-0.2, -0.15) is 0 Å². The average Bonchev–Trinajstić information content (AvgIpc) is 2.75. The summed E-state index contributed by atoms with van der Waals surface area (Å²) in [6, 6.07) is 9.80. The Morgan fingerprint density at radius 2 is 1.75 bits per heavy atom. The van der Waals surface area contributed by atoms with Crippen LogP contribution in [0.5, 0.6) is 0 Å². The van der Waals surface area contributed by atoms with Crippen molar-refractivity contribution in [1.82, 2.24) is 4.90 Å². The van der Waals surface area contributed by atoms with Crippen LogP contribution in [0.2, 0.25) is 5.02 Å². The van der Waals surface area contributed by atoms with Gasteiger partial charge in [-0.15, -0.1) is 0 Å². The largest absolute Gasteiger partial charge is 0.334 e. The first-order valence-corrected chi connectivity index (χ1v) is 9.60. The minimum absolute atomic E-state index is 0.115. The van der Waals surface area contributed by atoms with Gasteiger partial charge in [0.25, 0.3) is 5.91 Å². The fraction of sp³-hybridized carbons (Fsp3) is 0.278. The molecule has 2 aromatic carbocycles. The lowest BCUT2D eigenvalue weighted by atomic mass is 10.0. The molecule has 0 N–H and O–H groups in total. The standard InChI is InChI=1S/C18H18ClNO3S/c1-11-6-12(2)8-13(7-11)18(21)20(3)16-10-24(22,23)17-5-4-14(19)9-15(16)17/h4-9,16H,10H2,1-3H3/t16-/m0/s1. The van der Waals surface area contributed by atoms with Crippen LogP contribution in [-0.4, -0.2) is 32.0 Å². The van der Waals surface area contributed by atoms with E-state index in [0.29, 0.717) is 16.1 Å². The molecule has 1 amide bonds. The summed E-state index contributed by atoms with van der Waals surface area (Å²) in [6.07, 6.45) is 0. The lowest BCUT2D eigenvalue weighted by Gasteiger charge is -2.25. The molecule has 0 saturated carbocycles. The van der Waals surface area contributed by atoms with Crippen LogP contribution in [0.3, 0.4) is 0 Å². The van der Waals surface area contributed by atoms with E-state index in [2.05, 4.69) is 0 Å². The number of sulfone groups is 1. The van der Waals surface area contributed by atoms with Crippen LogP contribution in [0, 0.1) is 13.8 Å². The van der Waals surface area contributed by atoms with Crippen LogP contribution in [0.4, 0.5) is 0 Å². The third-order valence-corrected chi connectivity index (χ3v) is 6.33. The summed E-state index contributed by atoms with van der Waals surface area (Å²) in [7, 11) is -1.77. The predicted molar refractivity (Wildman–Crippen MR) is 94.3 cm³/mol. The number of fused-ring (bicyclic) bond motifs is 1. The molecule has 1 atom stereocenters. The van der Waals surface area contributed by atoms with E-state index < -0.39 is 15.9 Å². The average molecular weight is 364 g/mol. The molecule has 3 rings (SSSR count). The molecule has 0 bridgehead atoms. The minimum atomic E-state index is -3.40. The van der Waals surface area contributed by atoms with Gasteiger partial charge in [0.1, 0.15) is 0 Å². The second-order valence-corrected chi connectivity index (χ2v) is 8.71. The Morgan fingerprint density at radius 3 is 2.38 bits per heavy atom. The van der Waals surface area contributed by atoms with Gasteiger partial charge >= 0.3 is 0 Å². The number of hydrogen-bond acceptors (Lipinski definition) is 3. The number of amides is 1. The summed E-state index contributed by atoms with van der Waals surface area (Å²) in [6.45, 7) is 3.86. The highest BCUT2D eigenvalue weighted by molar-refractivity contribution is 7.91. The molecular weight excluding hydrogens is 346 g/mol. The molecule has 0 radical (unpaired) electrons. The number of rotatable bonds is 2. The van der Waals surface area contributed by atoms with Crippen molar-refractivity contribution in [2.75, 3.05) is 12.8 Å². The van der Waals surface area contributed by atoms with Gasteiger partial charge in [0.05, 0.1) is 16.7 Å². The SMILES string of the molecule is Cc1cc(C)cc(C(=O)N(C)[C@H]2CS(=O)(=O)c3ccc(Cl)cc32)c1. The Labute approximate surface area is 147 Å². The maximum Gasteiger partial charge on any atom is 0.254 e. The molecule has 6 heteroatoms. The molecule has 0 spiro atoms. The third-order valence-electron chi connectivity index (χ3n) is 4.30. The highest BCUT2D eigenvalue weighted by Gasteiger charge is 2.38. The smallest absolute Gasteiger partial charge is 0.254 e. The number of benzene rings is 2. The maximum atomic E-state index is 12.8. The summed E-state index contributed by atoms with van der Waals surface area (Å²) >= 11 is 6.03. The molecule has 24 heavy (non-hydrogen) atoms. The highest BCUT2D eigenvalue weighted by atomic mass is 35.5. The van der Waals surface area contributed by atoms with E-state index in [4.69, 9.17) is 11.6 Å².